The highest BCUT2D eigenvalue weighted by Crippen LogP contribution is 2.32. The van der Waals surface area contributed by atoms with Crippen LogP contribution in [0.2, 0.25) is 0 Å². The van der Waals surface area contributed by atoms with Gasteiger partial charge in [-0.25, -0.2) is 9.97 Å². The Balaban J connectivity index is 1.83. The summed E-state index contributed by atoms with van der Waals surface area (Å²) < 4.78 is 5.67. The van der Waals surface area contributed by atoms with E-state index in [1.165, 1.54) is 0 Å². The van der Waals surface area contributed by atoms with E-state index in [0.29, 0.717) is 30.3 Å². The summed E-state index contributed by atoms with van der Waals surface area (Å²) in [4.78, 5) is 26.8. The number of hydrogen-bond donors (Lipinski definition) is 0. The van der Waals surface area contributed by atoms with Crippen LogP contribution >= 0.6 is 0 Å². The zero-order chi connectivity index (χ0) is 18.8. The molecule has 6 heteroatoms. The van der Waals surface area contributed by atoms with Crippen molar-refractivity contribution in [2.45, 2.75) is 13.3 Å². The molecule has 3 aromatic rings. The number of carbonyl (C=O) groups is 1. The molecule has 1 amide bonds. The molecule has 0 spiro atoms. The molecule has 0 atom stereocenters. The molecular weight excluding hydrogens is 340 g/mol. The summed E-state index contributed by atoms with van der Waals surface area (Å²) in [5, 5.41) is 0. The van der Waals surface area contributed by atoms with Gasteiger partial charge in [0.15, 0.2) is 11.6 Å². The first-order valence-electron chi connectivity index (χ1n) is 9.20. The Morgan fingerprint density at radius 2 is 1.67 bits per heavy atom. The summed E-state index contributed by atoms with van der Waals surface area (Å²) in [5.41, 5.74) is 2.15. The number of rotatable bonds is 3. The van der Waals surface area contributed by atoms with Gasteiger partial charge in [-0.3, -0.25) is 9.69 Å². The molecule has 2 heterocycles. The Morgan fingerprint density at radius 3 is 2.41 bits per heavy atom. The fraction of sp³-hybridized carbons (Fsp3) is 0.286. The van der Waals surface area contributed by atoms with Crippen molar-refractivity contribution in [3.05, 3.63) is 54.1 Å². The first-order chi connectivity index (χ1) is 13.2. The van der Waals surface area contributed by atoms with Crippen LogP contribution in [0.15, 0.2) is 48.5 Å². The van der Waals surface area contributed by atoms with Gasteiger partial charge in [-0.1, -0.05) is 24.3 Å². The third kappa shape index (κ3) is 3.18. The molecule has 27 heavy (non-hydrogen) atoms. The Morgan fingerprint density at radius 1 is 1.00 bits per heavy atom. The van der Waals surface area contributed by atoms with Gasteiger partial charge in [-0.2, -0.15) is 0 Å². The van der Waals surface area contributed by atoms with E-state index >= 15 is 0 Å². The average Bonchev–Trinajstić information content (AvgIpc) is 2.85. The van der Waals surface area contributed by atoms with E-state index in [0.717, 1.165) is 29.8 Å². The van der Waals surface area contributed by atoms with Gasteiger partial charge < -0.3 is 9.64 Å². The van der Waals surface area contributed by atoms with E-state index in [4.69, 9.17) is 14.7 Å². The van der Waals surface area contributed by atoms with Crippen molar-refractivity contribution in [1.82, 2.24) is 9.97 Å². The minimum Gasteiger partial charge on any atom is -0.493 e. The third-order valence-corrected chi connectivity index (χ3v) is 4.69. The van der Waals surface area contributed by atoms with Crippen LogP contribution in [0.1, 0.15) is 23.7 Å². The number of amides is 1. The monoisotopic (exact) mass is 362 g/mol. The average molecular weight is 362 g/mol. The van der Waals surface area contributed by atoms with Crippen LogP contribution in [-0.4, -0.2) is 42.6 Å². The van der Waals surface area contributed by atoms with Crippen LogP contribution in [-0.2, 0) is 0 Å². The second-order valence-electron chi connectivity index (χ2n) is 6.52. The molecular formula is C21H22N4O2. The predicted octanol–water partition coefficient (Wildman–Crippen LogP) is 3.52. The van der Waals surface area contributed by atoms with E-state index in [9.17, 15) is 4.79 Å². The fourth-order valence-electron chi connectivity index (χ4n) is 3.36. The third-order valence-electron chi connectivity index (χ3n) is 4.69. The molecule has 4 rings (SSSR count). The molecule has 0 bridgehead atoms. The maximum absolute atomic E-state index is 13.4. The Hall–Kier alpha value is -3.15. The van der Waals surface area contributed by atoms with Crippen molar-refractivity contribution < 1.29 is 9.53 Å². The predicted molar refractivity (Wildman–Crippen MR) is 107 cm³/mol. The maximum Gasteiger partial charge on any atom is 0.263 e. The van der Waals surface area contributed by atoms with Crippen LogP contribution in [0.3, 0.4) is 0 Å². The molecule has 2 aromatic carbocycles. The van der Waals surface area contributed by atoms with Gasteiger partial charge in [0.2, 0.25) is 0 Å². The van der Waals surface area contributed by atoms with E-state index in [2.05, 4.69) is 4.90 Å². The van der Waals surface area contributed by atoms with E-state index < -0.39 is 0 Å². The van der Waals surface area contributed by atoms with Crippen molar-refractivity contribution >= 4 is 28.6 Å². The Bertz CT molecular complexity index is 989. The number of nitrogens with zero attached hydrogens (tertiary/aromatic N) is 4. The number of anilines is 2. The fourth-order valence-corrected chi connectivity index (χ4v) is 3.36. The molecule has 0 unspecified atom stereocenters. The molecule has 1 aliphatic heterocycles. The molecule has 1 aromatic heterocycles. The van der Waals surface area contributed by atoms with Gasteiger partial charge in [-0.15, -0.1) is 0 Å². The molecule has 0 N–H and O–H groups in total. The molecule has 0 radical (unpaired) electrons. The lowest BCUT2D eigenvalue weighted by Gasteiger charge is -2.23. The Labute approximate surface area is 158 Å². The number of ether oxygens (including phenoxy) is 1. The number of hydrogen-bond acceptors (Lipinski definition) is 5. The molecule has 0 saturated heterocycles. The summed E-state index contributed by atoms with van der Waals surface area (Å²) in [7, 11) is 1.99. The van der Waals surface area contributed by atoms with Gasteiger partial charge >= 0.3 is 0 Å². The highest BCUT2D eigenvalue weighted by molar-refractivity contribution is 6.09. The van der Waals surface area contributed by atoms with Crippen molar-refractivity contribution in [2.75, 3.05) is 36.5 Å². The second-order valence-corrected chi connectivity index (χ2v) is 6.52. The minimum absolute atomic E-state index is 0.111. The lowest BCUT2D eigenvalue weighted by atomic mass is 10.1. The normalized spacial score (nSPS) is 14.0. The van der Waals surface area contributed by atoms with Crippen molar-refractivity contribution in [1.29, 1.82) is 0 Å². The number of fused-ring (bicyclic) bond motifs is 2. The summed E-state index contributed by atoms with van der Waals surface area (Å²) >= 11 is 0. The first kappa shape index (κ1) is 17.3. The zero-order valence-corrected chi connectivity index (χ0v) is 15.6. The van der Waals surface area contributed by atoms with Gasteiger partial charge in [0.25, 0.3) is 5.91 Å². The molecule has 0 aliphatic carbocycles. The quantitative estimate of drug-likeness (QED) is 0.714. The Kier molecular flexibility index (Phi) is 4.62. The van der Waals surface area contributed by atoms with E-state index in [-0.39, 0.29) is 5.91 Å². The standard InChI is InChI=1S/C21H22N4O2/c1-3-27-18-12-7-4-9-15(18)21(26)25-14-8-13-24(2)19-20(25)23-17-11-6-5-10-16(17)22-19/h4-7,9-12H,3,8,13-14H2,1-2H3. The van der Waals surface area contributed by atoms with Gasteiger partial charge in [0.05, 0.1) is 23.2 Å². The number of carbonyl (C=O) groups excluding carboxylic acids is 1. The summed E-state index contributed by atoms with van der Waals surface area (Å²) in [6.07, 6.45) is 0.841. The van der Waals surface area contributed by atoms with Crippen molar-refractivity contribution in [3.8, 4) is 5.75 Å². The zero-order valence-electron chi connectivity index (χ0n) is 15.6. The van der Waals surface area contributed by atoms with Gasteiger partial charge in [0, 0.05) is 20.1 Å². The molecule has 138 valence electrons. The number of benzene rings is 2. The highest BCUT2D eigenvalue weighted by Gasteiger charge is 2.28. The minimum atomic E-state index is -0.111. The maximum atomic E-state index is 13.4. The number of aromatic nitrogens is 2. The van der Waals surface area contributed by atoms with E-state index in [1.54, 1.807) is 11.0 Å². The van der Waals surface area contributed by atoms with Crippen molar-refractivity contribution in [3.63, 3.8) is 0 Å². The number of para-hydroxylation sites is 3. The van der Waals surface area contributed by atoms with Crippen LogP contribution in [0, 0.1) is 0 Å². The first-order valence-corrected chi connectivity index (χ1v) is 9.20. The molecule has 1 aliphatic rings. The van der Waals surface area contributed by atoms with Crippen LogP contribution in [0.5, 0.6) is 5.75 Å². The van der Waals surface area contributed by atoms with Gasteiger partial charge in [0.1, 0.15) is 5.75 Å². The largest absolute Gasteiger partial charge is 0.493 e. The van der Waals surface area contributed by atoms with Crippen molar-refractivity contribution in [2.24, 2.45) is 0 Å². The second kappa shape index (κ2) is 7.23. The molecule has 0 saturated carbocycles. The highest BCUT2D eigenvalue weighted by atomic mass is 16.5. The van der Waals surface area contributed by atoms with Crippen LogP contribution in [0.4, 0.5) is 11.6 Å². The summed E-state index contributed by atoms with van der Waals surface area (Å²) in [5.74, 6) is 1.82. The van der Waals surface area contributed by atoms with E-state index in [1.807, 2.05) is 56.4 Å². The van der Waals surface area contributed by atoms with Crippen LogP contribution < -0.4 is 14.5 Å². The smallest absolute Gasteiger partial charge is 0.263 e. The summed E-state index contributed by atoms with van der Waals surface area (Å²) in [6.45, 7) is 3.82. The molecule has 6 nitrogen and oxygen atoms in total. The van der Waals surface area contributed by atoms with Gasteiger partial charge in [-0.05, 0) is 37.6 Å². The molecule has 0 fully saturated rings. The SMILES string of the molecule is CCOc1ccccc1C(=O)N1CCCN(C)c2nc3ccccc3nc21. The van der Waals surface area contributed by atoms with Crippen LogP contribution in [0.25, 0.3) is 11.0 Å². The topological polar surface area (TPSA) is 58.6 Å². The lowest BCUT2D eigenvalue weighted by Crippen LogP contribution is -2.32. The lowest BCUT2D eigenvalue weighted by molar-refractivity contribution is 0.0983. The summed E-state index contributed by atoms with van der Waals surface area (Å²) in [6, 6.07) is 15.1.